The van der Waals surface area contributed by atoms with Gasteiger partial charge in [0.2, 0.25) is 0 Å². The molecule has 0 radical (unpaired) electrons. The van der Waals surface area contributed by atoms with Crippen LogP contribution in [-0.4, -0.2) is 12.1 Å². The van der Waals surface area contributed by atoms with Gasteiger partial charge in [0, 0.05) is 16.6 Å². The molecule has 1 aromatic carbocycles. The van der Waals surface area contributed by atoms with Crippen molar-refractivity contribution in [3.63, 3.8) is 0 Å². The molecule has 0 amide bonds. The average molecular weight is 314 g/mol. The van der Waals surface area contributed by atoms with Gasteiger partial charge in [-0.05, 0) is 63.1 Å². The summed E-state index contributed by atoms with van der Waals surface area (Å²) in [7, 11) is 0. The van der Waals surface area contributed by atoms with Crippen LogP contribution >= 0.6 is 15.9 Å². The van der Waals surface area contributed by atoms with Crippen LogP contribution in [0.3, 0.4) is 0 Å². The molecule has 1 aliphatic carbocycles. The van der Waals surface area contributed by atoms with Gasteiger partial charge >= 0.3 is 0 Å². The van der Waals surface area contributed by atoms with Crippen molar-refractivity contribution in [2.24, 2.45) is 5.41 Å². The molecule has 0 spiro atoms. The predicted octanol–water partition coefficient (Wildman–Crippen LogP) is 4.30. The summed E-state index contributed by atoms with van der Waals surface area (Å²) in [5, 5.41) is 3.54. The average Bonchev–Trinajstić information content (AvgIpc) is 3.00. The quantitative estimate of drug-likeness (QED) is 0.874. The van der Waals surface area contributed by atoms with Crippen LogP contribution in [-0.2, 0) is 6.42 Å². The second kappa shape index (κ2) is 4.93. The maximum atomic E-state index is 13.8. The number of benzene rings is 1. The SMILES string of the molecule is CC(C)(C)NCC1(Cc2ccc(Br)cc2F)CC1. The van der Waals surface area contributed by atoms with Gasteiger partial charge in [-0.25, -0.2) is 4.39 Å². The van der Waals surface area contributed by atoms with E-state index in [9.17, 15) is 4.39 Å². The first kappa shape index (κ1) is 14.0. The van der Waals surface area contributed by atoms with E-state index in [1.165, 1.54) is 12.8 Å². The van der Waals surface area contributed by atoms with E-state index in [0.29, 0.717) is 0 Å². The monoisotopic (exact) mass is 313 g/mol. The van der Waals surface area contributed by atoms with Gasteiger partial charge in [-0.3, -0.25) is 0 Å². The van der Waals surface area contributed by atoms with Crippen molar-refractivity contribution >= 4 is 15.9 Å². The Morgan fingerprint density at radius 2 is 2.00 bits per heavy atom. The largest absolute Gasteiger partial charge is 0.312 e. The van der Waals surface area contributed by atoms with Gasteiger partial charge in [-0.15, -0.1) is 0 Å². The molecule has 1 aliphatic rings. The molecule has 3 heteroatoms. The Labute approximate surface area is 117 Å². The van der Waals surface area contributed by atoms with Gasteiger partial charge in [0.1, 0.15) is 5.82 Å². The molecule has 18 heavy (non-hydrogen) atoms. The molecular formula is C15H21BrFN. The lowest BCUT2D eigenvalue weighted by molar-refractivity contribution is 0.354. The van der Waals surface area contributed by atoms with E-state index in [1.54, 1.807) is 6.07 Å². The minimum Gasteiger partial charge on any atom is -0.312 e. The van der Waals surface area contributed by atoms with Gasteiger partial charge in [-0.1, -0.05) is 22.0 Å². The highest BCUT2D eigenvalue weighted by Gasteiger charge is 2.43. The standard InChI is InChI=1S/C15H21BrFN/c1-14(2,3)18-10-15(6-7-15)9-11-4-5-12(16)8-13(11)17/h4-5,8,18H,6-7,9-10H2,1-3H3. The molecule has 1 saturated carbocycles. The van der Waals surface area contributed by atoms with Crippen LogP contribution in [0.4, 0.5) is 4.39 Å². The first-order chi connectivity index (χ1) is 8.30. The van der Waals surface area contributed by atoms with E-state index in [2.05, 4.69) is 42.0 Å². The summed E-state index contributed by atoms with van der Waals surface area (Å²) in [5.74, 6) is -0.0913. The van der Waals surface area contributed by atoms with Crippen molar-refractivity contribution in [2.45, 2.75) is 45.6 Å². The third-order valence-electron chi connectivity index (χ3n) is 3.53. The highest BCUT2D eigenvalue weighted by Crippen LogP contribution is 2.48. The third-order valence-corrected chi connectivity index (χ3v) is 4.02. The highest BCUT2D eigenvalue weighted by molar-refractivity contribution is 9.10. The van der Waals surface area contributed by atoms with E-state index < -0.39 is 0 Å². The first-order valence-corrected chi connectivity index (χ1v) is 7.28. The fraction of sp³-hybridized carbons (Fsp3) is 0.600. The minimum atomic E-state index is -0.0913. The Hall–Kier alpha value is -0.410. The molecule has 1 fully saturated rings. The Bertz CT molecular complexity index is 433. The van der Waals surface area contributed by atoms with Crippen LogP contribution in [0, 0.1) is 11.2 Å². The zero-order chi connectivity index (χ0) is 13.4. The topological polar surface area (TPSA) is 12.0 Å². The van der Waals surface area contributed by atoms with Crippen LogP contribution in [0.25, 0.3) is 0 Å². The molecule has 0 aromatic heterocycles. The summed E-state index contributed by atoms with van der Waals surface area (Å²) in [4.78, 5) is 0. The predicted molar refractivity (Wildman–Crippen MR) is 77.2 cm³/mol. The molecule has 1 aromatic rings. The van der Waals surface area contributed by atoms with Crippen molar-refractivity contribution in [3.05, 3.63) is 34.1 Å². The van der Waals surface area contributed by atoms with Crippen LogP contribution in [0.1, 0.15) is 39.2 Å². The molecular weight excluding hydrogens is 293 g/mol. The smallest absolute Gasteiger partial charge is 0.127 e. The van der Waals surface area contributed by atoms with Crippen LogP contribution < -0.4 is 5.32 Å². The molecule has 2 rings (SSSR count). The Balaban J connectivity index is 2.00. The maximum Gasteiger partial charge on any atom is 0.127 e. The zero-order valence-corrected chi connectivity index (χ0v) is 12.9. The molecule has 100 valence electrons. The second-order valence-electron chi connectivity index (χ2n) is 6.52. The van der Waals surface area contributed by atoms with Crippen molar-refractivity contribution in [2.75, 3.05) is 6.54 Å². The van der Waals surface area contributed by atoms with Crippen LogP contribution in [0.5, 0.6) is 0 Å². The van der Waals surface area contributed by atoms with E-state index >= 15 is 0 Å². The number of nitrogens with one attached hydrogen (secondary N) is 1. The number of rotatable bonds is 4. The molecule has 0 aliphatic heterocycles. The summed E-state index contributed by atoms with van der Waals surface area (Å²) in [5.41, 5.74) is 1.25. The van der Waals surface area contributed by atoms with E-state index in [1.807, 2.05) is 12.1 Å². The summed E-state index contributed by atoms with van der Waals surface area (Å²) in [6.07, 6.45) is 3.24. The van der Waals surface area contributed by atoms with E-state index in [4.69, 9.17) is 0 Å². The van der Waals surface area contributed by atoms with Crippen LogP contribution in [0.15, 0.2) is 22.7 Å². The highest BCUT2D eigenvalue weighted by atomic mass is 79.9. The Kier molecular flexibility index (Phi) is 3.84. The fourth-order valence-electron chi connectivity index (χ4n) is 2.11. The summed E-state index contributed by atoms with van der Waals surface area (Å²) < 4.78 is 14.6. The van der Waals surface area contributed by atoms with Crippen LogP contribution in [0.2, 0.25) is 0 Å². The molecule has 0 unspecified atom stereocenters. The van der Waals surface area contributed by atoms with Gasteiger partial charge in [0.25, 0.3) is 0 Å². The van der Waals surface area contributed by atoms with E-state index in [-0.39, 0.29) is 16.8 Å². The lowest BCUT2D eigenvalue weighted by Crippen LogP contribution is -2.40. The lowest BCUT2D eigenvalue weighted by Gasteiger charge is -2.25. The molecule has 0 atom stereocenters. The van der Waals surface area contributed by atoms with Gasteiger partial charge in [0.05, 0.1) is 0 Å². The van der Waals surface area contributed by atoms with Crippen molar-refractivity contribution in [1.29, 1.82) is 0 Å². The minimum absolute atomic E-state index is 0.0913. The third kappa shape index (κ3) is 3.79. The van der Waals surface area contributed by atoms with Gasteiger partial charge in [-0.2, -0.15) is 0 Å². The zero-order valence-electron chi connectivity index (χ0n) is 11.3. The van der Waals surface area contributed by atoms with Gasteiger partial charge in [0.15, 0.2) is 0 Å². The first-order valence-electron chi connectivity index (χ1n) is 6.49. The lowest BCUT2D eigenvalue weighted by atomic mass is 9.95. The number of halogens is 2. The second-order valence-corrected chi connectivity index (χ2v) is 7.43. The molecule has 1 N–H and O–H groups in total. The summed E-state index contributed by atoms with van der Waals surface area (Å²) in [6, 6.07) is 5.38. The molecule has 1 nitrogen and oxygen atoms in total. The Morgan fingerprint density at radius 3 is 2.50 bits per heavy atom. The molecule has 0 heterocycles. The summed E-state index contributed by atoms with van der Waals surface area (Å²) >= 11 is 3.30. The van der Waals surface area contributed by atoms with Gasteiger partial charge < -0.3 is 5.32 Å². The molecule has 0 saturated heterocycles. The van der Waals surface area contributed by atoms with Crippen molar-refractivity contribution in [3.8, 4) is 0 Å². The molecule has 0 bridgehead atoms. The number of hydrogen-bond donors (Lipinski definition) is 1. The number of hydrogen-bond acceptors (Lipinski definition) is 1. The Morgan fingerprint density at radius 1 is 1.33 bits per heavy atom. The normalized spacial score (nSPS) is 17.8. The fourth-order valence-corrected chi connectivity index (χ4v) is 2.45. The van der Waals surface area contributed by atoms with Crippen molar-refractivity contribution in [1.82, 2.24) is 5.32 Å². The summed E-state index contributed by atoms with van der Waals surface area (Å²) in [6.45, 7) is 7.49. The van der Waals surface area contributed by atoms with Crippen molar-refractivity contribution < 1.29 is 4.39 Å². The maximum absolute atomic E-state index is 13.8. The van der Waals surface area contributed by atoms with E-state index in [0.717, 1.165) is 23.0 Å².